The van der Waals surface area contributed by atoms with Gasteiger partial charge in [0.15, 0.2) is 6.29 Å². The van der Waals surface area contributed by atoms with Gasteiger partial charge in [0.1, 0.15) is 5.69 Å². The third-order valence-corrected chi connectivity index (χ3v) is 3.60. The van der Waals surface area contributed by atoms with Crippen molar-refractivity contribution in [3.63, 3.8) is 0 Å². The van der Waals surface area contributed by atoms with E-state index in [0.29, 0.717) is 5.69 Å². The Morgan fingerprint density at radius 2 is 2.24 bits per heavy atom. The van der Waals surface area contributed by atoms with E-state index in [1.54, 1.807) is 4.68 Å². The zero-order valence-electron chi connectivity index (χ0n) is 9.19. The summed E-state index contributed by atoms with van der Waals surface area (Å²) in [5.74, 6) is 0. The Kier molecular flexibility index (Phi) is 2.59. The van der Waals surface area contributed by atoms with Crippen LogP contribution in [-0.4, -0.2) is 16.1 Å². The van der Waals surface area contributed by atoms with Crippen LogP contribution in [0, 0.1) is 0 Å². The van der Waals surface area contributed by atoms with E-state index < -0.39 is 0 Å². The van der Waals surface area contributed by atoms with Gasteiger partial charge in [0.25, 0.3) is 0 Å². The van der Waals surface area contributed by atoms with Gasteiger partial charge < -0.3 is 0 Å². The van der Waals surface area contributed by atoms with Gasteiger partial charge in [0, 0.05) is 10.0 Å². The Bertz CT molecular complexity index is 589. The van der Waals surface area contributed by atoms with Crippen LogP contribution in [-0.2, 0) is 12.8 Å². The fourth-order valence-corrected chi connectivity index (χ4v) is 2.73. The van der Waals surface area contributed by atoms with E-state index >= 15 is 0 Å². The number of hydrogen-bond acceptors (Lipinski definition) is 2. The van der Waals surface area contributed by atoms with Crippen molar-refractivity contribution in [3.05, 3.63) is 45.7 Å². The van der Waals surface area contributed by atoms with Crippen molar-refractivity contribution in [1.29, 1.82) is 0 Å². The number of benzene rings is 1. The van der Waals surface area contributed by atoms with E-state index in [4.69, 9.17) is 0 Å². The summed E-state index contributed by atoms with van der Waals surface area (Å²) in [6, 6.07) is 7.83. The number of carbonyl (C=O) groups excluding carboxylic acids is 1. The van der Waals surface area contributed by atoms with E-state index in [9.17, 15) is 4.79 Å². The van der Waals surface area contributed by atoms with Crippen molar-refractivity contribution in [2.75, 3.05) is 0 Å². The van der Waals surface area contributed by atoms with Crippen molar-refractivity contribution in [1.82, 2.24) is 9.78 Å². The summed E-state index contributed by atoms with van der Waals surface area (Å²) in [4.78, 5) is 11.2. The second-order valence-electron chi connectivity index (χ2n) is 4.17. The first kappa shape index (κ1) is 10.7. The molecule has 3 rings (SSSR count). The maximum Gasteiger partial charge on any atom is 0.168 e. The molecule has 1 aromatic heterocycles. The molecule has 86 valence electrons. The van der Waals surface area contributed by atoms with Crippen LogP contribution in [0.4, 0.5) is 0 Å². The molecule has 4 heteroatoms. The Balaban J connectivity index is 2.18. The average molecular weight is 291 g/mol. The molecule has 1 aliphatic rings. The topological polar surface area (TPSA) is 34.9 Å². The maximum atomic E-state index is 11.2. The predicted octanol–water partition coefficient (Wildman–Crippen LogP) is 2.94. The number of rotatable bonds is 2. The van der Waals surface area contributed by atoms with Crippen LogP contribution in [0.1, 0.15) is 28.2 Å². The van der Waals surface area contributed by atoms with Crippen LogP contribution in [0.25, 0.3) is 5.69 Å². The Hall–Kier alpha value is -1.42. The van der Waals surface area contributed by atoms with Crippen molar-refractivity contribution in [3.8, 4) is 5.69 Å². The number of nitrogens with zero attached hydrogens (tertiary/aromatic N) is 2. The molecule has 0 amide bonds. The van der Waals surface area contributed by atoms with Gasteiger partial charge >= 0.3 is 0 Å². The van der Waals surface area contributed by atoms with E-state index in [-0.39, 0.29) is 0 Å². The molecule has 3 nitrogen and oxygen atoms in total. The lowest BCUT2D eigenvalue weighted by Crippen LogP contribution is -2.03. The minimum absolute atomic E-state index is 0.704. The van der Waals surface area contributed by atoms with E-state index in [0.717, 1.165) is 47.0 Å². The van der Waals surface area contributed by atoms with Crippen LogP contribution in [0.5, 0.6) is 0 Å². The Morgan fingerprint density at radius 3 is 3.00 bits per heavy atom. The molecule has 1 aliphatic carbocycles. The van der Waals surface area contributed by atoms with Gasteiger partial charge in [0.05, 0.1) is 11.4 Å². The molecular weight excluding hydrogens is 280 g/mol. The first-order valence-corrected chi connectivity index (χ1v) is 6.41. The maximum absolute atomic E-state index is 11.2. The van der Waals surface area contributed by atoms with Gasteiger partial charge in [-0.2, -0.15) is 5.10 Å². The number of aromatic nitrogens is 2. The summed E-state index contributed by atoms with van der Waals surface area (Å²) in [5.41, 5.74) is 3.83. The van der Waals surface area contributed by atoms with Crippen LogP contribution in [0.15, 0.2) is 28.7 Å². The SMILES string of the molecule is O=Cc1c2c(nn1-c1cccc(Br)c1)CCC2. The van der Waals surface area contributed by atoms with Crippen LogP contribution in [0.2, 0.25) is 0 Å². The minimum atomic E-state index is 0.704. The van der Waals surface area contributed by atoms with E-state index in [1.807, 2.05) is 24.3 Å². The molecule has 0 spiro atoms. The lowest BCUT2D eigenvalue weighted by Gasteiger charge is -2.05. The van der Waals surface area contributed by atoms with Gasteiger partial charge in [-0.25, -0.2) is 4.68 Å². The lowest BCUT2D eigenvalue weighted by molar-refractivity contribution is 0.111. The number of aryl methyl sites for hydroxylation is 1. The zero-order valence-corrected chi connectivity index (χ0v) is 10.8. The fraction of sp³-hybridized carbons (Fsp3) is 0.231. The largest absolute Gasteiger partial charge is 0.296 e. The molecule has 0 saturated heterocycles. The molecule has 0 atom stereocenters. The highest BCUT2D eigenvalue weighted by Crippen LogP contribution is 2.26. The van der Waals surface area contributed by atoms with Gasteiger partial charge in [-0.15, -0.1) is 0 Å². The van der Waals surface area contributed by atoms with Crippen LogP contribution >= 0.6 is 15.9 Å². The molecule has 2 aromatic rings. The summed E-state index contributed by atoms with van der Waals surface area (Å²) < 4.78 is 2.74. The molecule has 0 fully saturated rings. The number of aldehydes is 1. The molecule has 0 bridgehead atoms. The Morgan fingerprint density at radius 1 is 1.35 bits per heavy atom. The highest BCUT2D eigenvalue weighted by Gasteiger charge is 2.22. The molecule has 0 N–H and O–H groups in total. The van der Waals surface area contributed by atoms with E-state index in [1.165, 1.54) is 0 Å². The van der Waals surface area contributed by atoms with E-state index in [2.05, 4.69) is 21.0 Å². The zero-order chi connectivity index (χ0) is 11.8. The highest BCUT2D eigenvalue weighted by atomic mass is 79.9. The Labute approximate surface area is 108 Å². The van der Waals surface area contributed by atoms with Crippen molar-refractivity contribution >= 4 is 22.2 Å². The third kappa shape index (κ3) is 1.72. The van der Waals surface area contributed by atoms with Crippen LogP contribution in [0.3, 0.4) is 0 Å². The second kappa shape index (κ2) is 4.11. The lowest BCUT2D eigenvalue weighted by atomic mass is 10.2. The first-order valence-electron chi connectivity index (χ1n) is 5.61. The van der Waals surface area contributed by atoms with Gasteiger partial charge in [-0.3, -0.25) is 4.79 Å². The number of hydrogen-bond donors (Lipinski definition) is 0. The normalized spacial score (nSPS) is 13.7. The monoisotopic (exact) mass is 290 g/mol. The number of carbonyl (C=O) groups is 1. The van der Waals surface area contributed by atoms with Crippen molar-refractivity contribution in [2.45, 2.75) is 19.3 Å². The average Bonchev–Trinajstić information content (AvgIpc) is 2.88. The van der Waals surface area contributed by atoms with Crippen LogP contribution < -0.4 is 0 Å². The summed E-state index contributed by atoms with van der Waals surface area (Å²) in [5, 5.41) is 4.54. The molecule has 0 radical (unpaired) electrons. The van der Waals surface area contributed by atoms with Crippen molar-refractivity contribution in [2.24, 2.45) is 0 Å². The smallest absolute Gasteiger partial charge is 0.168 e. The van der Waals surface area contributed by atoms with Gasteiger partial charge in [0.2, 0.25) is 0 Å². The molecule has 17 heavy (non-hydrogen) atoms. The first-order chi connectivity index (χ1) is 8.29. The summed E-state index contributed by atoms with van der Waals surface area (Å²) in [6.07, 6.45) is 3.98. The molecule has 1 heterocycles. The minimum Gasteiger partial charge on any atom is -0.296 e. The summed E-state index contributed by atoms with van der Waals surface area (Å²) in [6.45, 7) is 0. The second-order valence-corrected chi connectivity index (χ2v) is 5.09. The predicted molar refractivity (Wildman–Crippen MR) is 68.7 cm³/mol. The van der Waals surface area contributed by atoms with Gasteiger partial charge in [-0.1, -0.05) is 22.0 Å². The highest BCUT2D eigenvalue weighted by molar-refractivity contribution is 9.10. The molecule has 1 aromatic carbocycles. The quantitative estimate of drug-likeness (QED) is 0.797. The number of halogens is 1. The van der Waals surface area contributed by atoms with Gasteiger partial charge in [-0.05, 0) is 37.5 Å². The molecule has 0 unspecified atom stereocenters. The standard InChI is InChI=1S/C13H11BrN2O/c14-9-3-1-4-10(7-9)16-13(8-17)11-5-2-6-12(11)15-16/h1,3-4,7-8H,2,5-6H2. The molecule has 0 saturated carbocycles. The number of fused-ring (bicyclic) bond motifs is 1. The third-order valence-electron chi connectivity index (χ3n) is 3.11. The summed E-state index contributed by atoms with van der Waals surface area (Å²) >= 11 is 3.43. The summed E-state index contributed by atoms with van der Waals surface area (Å²) in [7, 11) is 0. The van der Waals surface area contributed by atoms with Crippen molar-refractivity contribution < 1.29 is 4.79 Å². The fourth-order valence-electron chi connectivity index (χ4n) is 2.34. The molecule has 0 aliphatic heterocycles. The molecular formula is C13H11BrN2O.